The Bertz CT molecular complexity index is 1230. The quantitative estimate of drug-likeness (QED) is 0.547. The van der Waals surface area contributed by atoms with Gasteiger partial charge in [-0.05, 0) is 43.0 Å². The number of fused-ring (bicyclic) bond motifs is 1. The van der Waals surface area contributed by atoms with Gasteiger partial charge in [-0.25, -0.2) is 4.98 Å². The Morgan fingerprint density at radius 1 is 1.10 bits per heavy atom. The number of rotatable bonds is 4. The van der Waals surface area contributed by atoms with E-state index in [2.05, 4.69) is 15.2 Å². The zero-order valence-corrected chi connectivity index (χ0v) is 17.6. The van der Waals surface area contributed by atoms with Crippen LogP contribution < -0.4 is 0 Å². The lowest BCUT2D eigenvalue weighted by Gasteiger charge is -2.34. The third-order valence-corrected chi connectivity index (χ3v) is 6.22. The highest BCUT2D eigenvalue weighted by Gasteiger charge is 2.30. The minimum Gasteiger partial charge on any atom is -0.385 e. The molecule has 5 rings (SSSR count). The van der Waals surface area contributed by atoms with Crippen LogP contribution >= 0.6 is 0 Å². The maximum Gasteiger partial charge on any atom is 0.255 e. The zero-order chi connectivity index (χ0) is 21.5. The number of aliphatic hydroxyl groups is 1. The SMILES string of the molecule is Cn1cccc1-c1nnc2ccc(C(=O)N3CCC(C(O)c4nccn4C)CC3)cn12. The van der Waals surface area contributed by atoms with E-state index in [1.807, 2.05) is 69.3 Å². The molecule has 1 unspecified atom stereocenters. The van der Waals surface area contributed by atoms with Crippen molar-refractivity contribution in [1.29, 1.82) is 0 Å². The highest BCUT2D eigenvalue weighted by atomic mass is 16.3. The first-order valence-corrected chi connectivity index (χ1v) is 10.4. The van der Waals surface area contributed by atoms with Crippen LogP contribution in [0.15, 0.2) is 49.1 Å². The average Bonchev–Trinajstić information content (AvgIpc) is 3.52. The minimum absolute atomic E-state index is 0.0154. The van der Waals surface area contributed by atoms with Gasteiger partial charge >= 0.3 is 0 Å². The van der Waals surface area contributed by atoms with Gasteiger partial charge in [-0.2, -0.15) is 0 Å². The monoisotopic (exact) mass is 419 g/mol. The molecular formula is C22H25N7O2. The summed E-state index contributed by atoms with van der Waals surface area (Å²) in [7, 11) is 3.84. The maximum atomic E-state index is 13.2. The summed E-state index contributed by atoms with van der Waals surface area (Å²) in [4.78, 5) is 19.3. The van der Waals surface area contributed by atoms with Gasteiger partial charge in [0, 0.05) is 52.0 Å². The number of carbonyl (C=O) groups excluding carboxylic acids is 1. The average molecular weight is 419 g/mol. The van der Waals surface area contributed by atoms with Crippen molar-refractivity contribution in [3.8, 4) is 11.5 Å². The van der Waals surface area contributed by atoms with Gasteiger partial charge in [0.2, 0.25) is 0 Å². The molecule has 1 amide bonds. The Hall–Kier alpha value is -3.46. The lowest BCUT2D eigenvalue weighted by atomic mass is 9.90. The van der Waals surface area contributed by atoms with Crippen molar-refractivity contribution >= 4 is 11.6 Å². The predicted molar refractivity (Wildman–Crippen MR) is 114 cm³/mol. The van der Waals surface area contributed by atoms with E-state index in [0.717, 1.165) is 18.5 Å². The van der Waals surface area contributed by atoms with Crippen LogP contribution in [0.1, 0.15) is 35.1 Å². The number of carbonyl (C=O) groups is 1. The molecule has 0 aliphatic carbocycles. The number of hydrogen-bond acceptors (Lipinski definition) is 5. The molecule has 0 bridgehead atoms. The fourth-order valence-corrected chi connectivity index (χ4v) is 4.36. The number of pyridine rings is 1. The highest BCUT2D eigenvalue weighted by molar-refractivity contribution is 5.94. The topological polar surface area (TPSA) is 93.5 Å². The molecule has 9 nitrogen and oxygen atoms in total. The molecule has 9 heteroatoms. The summed E-state index contributed by atoms with van der Waals surface area (Å²) in [5.41, 5.74) is 2.23. The number of aliphatic hydroxyl groups excluding tert-OH is 1. The van der Waals surface area contributed by atoms with E-state index in [4.69, 9.17) is 0 Å². The van der Waals surface area contributed by atoms with E-state index in [0.29, 0.717) is 35.9 Å². The first-order chi connectivity index (χ1) is 15.0. The van der Waals surface area contributed by atoms with E-state index in [9.17, 15) is 9.90 Å². The van der Waals surface area contributed by atoms with Crippen molar-refractivity contribution in [2.45, 2.75) is 18.9 Å². The summed E-state index contributed by atoms with van der Waals surface area (Å²) in [6.07, 6.45) is 8.17. The Labute approximate surface area is 179 Å². The number of hydrogen-bond donors (Lipinski definition) is 1. The molecule has 160 valence electrons. The van der Waals surface area contributed by atoms with Gasteiger partial charge in [-0.3, -0.25) is 9.20 Å². The first kappa shape index (κ1) is 19.5. The van der Waals surface area contributed by atoms with E-state index in [1.54, 1.807) is 12.3 Å². The molecule has 0 spiro atoms. The van der Waals surface area contributed by atoms with E-state index in [-0.39, 0.29) is 11.8 Å². The van der Waals surface area contributed by atoms with Crippen LogP contribution in [-0.2, 0) is 14.1 Å². The Morgan fingerprint density at radius 3 is 2.58 bits per heavy atom. The molecule has 31 heavy (non-hydrogen) atoms. The number of aryl methyl sites for hydroxylation is 2. The fraction of sp³-hybridized carbons (Fsp3) is 0.364. The van der Waals surface area contributed by atoms with Crippen LogP contribution in [-0.4, -0.2) is 57.7 Å². The Balaban J connectivity index is 1.33. The maximum absolute atomic E-state index is 13.2. The number of likely N-dealkylation sites (tertiary alicyclic amines) is 1. The van der Waals surface area contributed by atoms with Crippen molar-refractivity contribution < 1.29 is 9.90 Å². The van der Waals surface area contributed by atoms with Gasteiger partial charge in [0.1, 0.15) is 11.9 Å². The molecule has 1 aliphatic rings. The van der Waals surface area contributed by atoms with Gasteiger partial charge in [-0.1, -0.05) is 0 Å². The van der Waals surface area contributed by atoms with E-state index in [1.165, 1.54) is 0 Å². The Morgan fingerprint density at radius 2 is 1.90 bits per heavy atom. The van der Waals surface area contributed by atoms with Gasteiger partial charge in [-0.15, -0.1) is 10.2 Å². The lowest BCUT2D eigenvalue weighted by Crippen LogP contribution is -2.40. The minimum atomic E-state index is -0.613. The van der Waals surface area contributed by atoms with Gasteiger partial charge in [0.25, 0.3) is 5.91 Å². The third kappa shape index (κ3) is 3.40. The number of nitrogens with zero attached hydrogens (tertiary/aromatic N) is 7. The molecular weight excluding hydrogens is 394 g/mol. The molecule has 1 fully saturated rings. The summed E-state index contributed by atoms with van der Waals surface area (Å²) < 4.78 is 5.68. The van der Waals surface area contributed by atoms with Gasteiger partial charge < -0.3 is 19.1 Å². The number of amides is 1. The summed E-state index contributed by atoms with van der Waals surface area (Å²) in [5.74, 6) is 1.46. The smallest absolute Gasteiger partial charge is 0.255 e. The molecule has 1 atom stereocenters. The highest BCUT2D eigenvalue weighted by Crippen LogP contribution is 2.30. The molecule has 1 saturated heterocycles. The largest absolute Gasteiger partial charge is 0.385 e. The third-order valence-electron chi connectivity index (χ3n) is 6.22. The molecule has 0 radical (unpaired) electrons. The van der Waals surface area contributed by atoms with E-state index < -0.39 is 6.10 Å². The number of imidazole rings is 1. The first-order valence-electron chi connectivity index (χ1n) is 10.4. The standard InChI is InChI=1S/C22H25N7O2/c1-26-10-3-4-17(26)20-25-24-18-6-5-16(14-29(18)20)22(31)28-11-7-15(8-12-28)19(30)21-23-9-13-27(21)2/h3-6,9-10,13-15,19,30H,7-8,11-12H2,1-2H3. The molecule has 1 aliphatic heterocycles. The lowest BCUT2D eigenvalue weighted by molar-refractivity contribution is 0.0420. The van der Waals surface area contributed by atoms with Crippen molar-refractivity contribution in [2.75, 3.05) is 13.1 Å². The van der Waals surface area contributed by atoms with Crippen molar-refractivity contribution in [3.05, 3.63) is 60.4 Å². The Kier molecular flexibility index (Phi) is 4.82. The molecule has 4 aromatic rings. The van der Waals surface area contributed by atoms with Crippen LogP contribution in [0, 0.1) is 5.92 Å². The molecule has 1 N–H and O–H groups in total. The second-order valence-electron chi connectivity index (χ2n) is 8.14. The fourth-order valence-electron chi connectivity index (χ4n) is 4.36. The van der Waals surface area contributed by atoms with Crippen LogP contribution in [0.4, 0.5) is 0 Å². The van der Waals surface area contributed by atoms with Crippen molar-refractivity contribution in [1.82, 2.24) is 33.6 Å². The summed E-state index contributed by atoms with van der Waals surface area (Å²) >= 11 is 0. The molecule has 0 saturated carbocycles. The van der Waals surface area contributed by atoms with Crippen LogP contribution in [0.2, 0.25) is 0 Å². The summed E-state index contributed by atoms with van der Waals surface area (Å²) in [6.45, 7) is 1.21. The summed E-state index contributed by atoms with van der Waals surface area (Å²) in [5, 5.41) is 19.2. The van der Waals surface area contributed by atoms with Gasteiger partial charge in [0.05, 0.1) is 11.3 Å². The summed E-state index contributed by atoms with van der Waals surface area (Å²) in [6, 6.07) is 7.55. The van der Waals surface area contributed by atoms with Crippen LogP contribution in [0.5, 0.6) is 0 Å². The van der Waals surface area contributed by atoms with E-state index >= 15 is 0 Å². The predicted octanol–water partition coefficient (Wildman–Crippen LogP) is 2.05. The second kappa shape index (κ2) is 7.66. The molecule has 4 aromatic heterocycles. The number of aromatic nitrogens is 6. The molecule has 0 aromatic carbocycles. The number of piperidine rings is 1. The van der Waals surface area contributed by atoms with Crippen LogP contribution in [0.3, 0.4) is 0 Å². The van der Waals surface area contributed by atoms with Crippen LogP contribution in [0.25, 0.3) is 17.2 Å². The molecule has 5 heterocycles. The second-order valence-corrected chi connectivity index (χ2v) is 8.14. The van der Waals surface area contributed by atoms with Crippen molar-refractivity contribution in [2.24, 2.45) is 20.0 Å². The van der Waals surface area contributed by atoms with Gasteiger partial charge in [0.15, 0.2) is 11.5 Å². The van der Waals surface area contributed by atoms with Crippen molar-refractivity contribution in [3.63, 3.8) is 0 Å². The zero-order valence-electron chi connectivity index (χ0n) is 17.6. The normalized spacial score (nSPS) is 16.2.